The van der Waals surface area contributed by atoms with Crippen molar-refractivity contribution in [3.63, 3.8) is 0 Å². The standard InChI is InChI=1S/C9H16N2O.ClH/c1-10-9(12)3-2-8-4-6-11-7-5-8;/h4,11H,2-3,5-7H2,1H3,(H,10,12);1H. The van der Waals surface area contributed by atoms with E-state index >= 15 is 0 Å². The van der Waals surface area contributed by atoms with Crippen molar-refractivity contribution in [1.29, 1.82) is 0 Å². The molecule has 0 aliphatic carbocycles. The number of carbonyl (C=O) groups excluding carboxylic acids is 1. The first-order valence-electron chi connectivity index (χ1n) is 4.42. The molecular weight excluding hydrogens is 188 g/mol. The molecule has 0 bridgehead atoms. The van der Waals surface area contributed by atoms with Crippen molar-refractivity contribution in [2.75, 3.05) is 20.1 Å². The molecule has 0 fully saturated rings. The van der Waals surface area contributed by atoms with Crippen LogP contribution in [0.5, 0.6) is 0 Å². The Bertz CT molecular complexity index is 192. The van der Waals surface area contributed by atoms with E-state index in [0.717, 1.165) is 25.9 Å². The van der Waals surface area contributed by atoms with Crippen LogP contribution < -0.4 is 10.6 Å². The predicted octanol–water partition coefficient (Wildman–Crippen LogP) is 0.854. The first-order chi connectivity index (χ1) is 5.83. The second-order valence-electron chi connectivity index (χ2n) is 2.99. The molecule has 13 heavy (non-hydrogen) atoms. The van der Waals surface area contributed by atoms with E-state index in [1.165, 1.54) is 5.57 Å². The number of halogens is 1. The zero-order chi connectivity index (χ0) is 8.81. The van der Waals surface area contributed by atoms with Crippen molar-refractivity contribution in [3.8, 4) is 0 Å². The molecular formula is C9H17ClN2O. The van der Waals surface area contributed by atoms with E-state index in [2.05, 4.69) is 16.7 Å². The summed E-state index contributed by atoms with van der Waals surface area (Å²) in [5.41, 5.74) is 1.41. The van der Waals surface area contributed by atoms with Gasteiger partial charge in [0, 0.05) is 20.0 Å². The minimum atomic E-state index is 0. The summed E-state index contributed by atoms with van der Waals surface area (Å²) in [6.45, 7) is 2.02. The van der Waals surface area contributed by atoms with Gasteiger partial charge in [0.15, 0.2) is 0 Å². The number of hydrogen-bond donors (Lipinski definition) is 2. The molecule has 2 N–H and O–H groups in total. The molecule has 1 amide bonds. The van der Waals surface area contributed by atoms with Crippen LogP contribution in [0.3, 0.4) is 0 Å². The summed E-state index contributed by atoms with van der Waals surface area (Å²) < 4.78 is 0. The van der Waals surface area contributed by atoms with E-state index < -0.39 is 0 Å². The summed E-state index contributed by atoms with van der Waals surface area (Å²) in [5, 5.41) is 5.86. The summed E-state index contributed by atoms with van der Waals surface area (Å²) in [7, 11) is 1.68. The van der Waals surface area contributed by atoms with Crippen molar-refractivity contribution in [3.05, 3.63) is 11.6 Å². The van der Waals surface area contributed by atoms with Crippen molar-refractivity contribution >= 4 is 18.3 Å². The molecule has 0 radical (unpaired) electrons. The van der Waals surface area contributed by atoms with E-state index in [0.29, 0.717) is 6.42 Å². The number of carbonyl (C=O) groups is 1. The summed E-state index contributed by atoms with van der Waals surface area (Å²) >= 11 is 0. The molecule has 1 aliphatic rings. The minimum Gasteiger partial charge on any atom is -0.359 e. The average Bonchev–Trinajstić information content (AvgIpc) is 2.16. The van der Waals surface area contributed by atoms with E-state index in [1.807, 2.05) is 0 Å². The lowest BCUT2D eigenvalue weighted by Gasteiger charge is -2.13. The van der Waals surface area contributed by atoms with Gasteiger partial charge in [-0.3, -0.25) is 4.79 Å². The normalized spacial score (nSPS) is 15.6. The molecule has 0 aromatic rings. The fourth-order valence-electron chi connectivity index (χ4n) is 1.30. The molecule has 1 aliphatic heterocycles. The van der Waals surface area contributed by atoms with Crippen LogP contribution in [0.1, 0.15) is 19.3 Å². The highest BCUT2D eigenvalue weighted by Gasteiger charge is 2.04. The number of amides is 1. The molecule has 76 valence electrons. The number of nitrogens with one attached hydrogen (secondary N) is 2. The van der Waals surface area contributed by atoms with E-state index in [9.17, 15) is 4.79 Å². The van der Waals surface area contributed by atoms with E-state index in [-0.39, 0.29) is 18.3 Å². The Morgan fingerprint density at radius 3 is 3.00 bits per heavy atom. The lowest BCUT2D eigenvalue weighted by atomic mass is 10.0. The van der Waals surface area contributed by atoms with Crippen LogP contribution in [-0.4, -0.2) is 26.0 Å². The molecule has 0 unspecified atom stereocenters. The maximum atomic E-state index is 10.9. The van der Waals surface area contributed by atoms with Crippen LogP contribution in [-0.2, 0) is 4.79 Å². The third-order valence-corrected chi connectivity index (χ3v) is 2.11. The third kappa shape index (κ3) is 4.90. The average molecular weight is 205 g/mol. The predicted molar refractivity (Wildman–Crippen MR) is 56.1 cm³/mol. The second kappa shape index (κ2) is 6.92. The van der Waals surface area contributed by atoms with Gasteiger partial charge in [-0.25, -0.2) is 0 Å². The first-order valence-corrected chi connectivity index (χ1v) is 4.42. The minimum absolute atomic E-state index is 0. The molecule has 3 nitrogen and oxygen atoms in total. The Balaban J connectivity index is 0.00000144. The van der Waals surface area contributed by atoms with Crippen LogP contribution in [0.2, 0.25) is 0 Å². The van der Waals surface area contributed by atoms with Crippen molar-refractivity contribution < 1.29 is 4.79 Å². The molecule has 1 rings (SSSR count). The Hall–Kier alpha value is -0.540. The SMILES string of the molecule is CNC(=O)CCC1=CCNCC1.Cl. The molecule has 4 heteroatoms. The third-order valence-electron chi connectivity index (χ3n) is 2.11. The Morgan fingerprint density at radius 1 is 1.69 bits per heavy atom. The Morgan fingerprint density at radius 2 is 2.46 bits per heavy atom. The maximum absolute atomic E-state index is 10.9. The smallest absolute Gasteiger partial charge is 0.220 e. The largest absolute Gasteiger partial charge is 0.359 e. The van der Waals surface area contributed by atoms with E-state index in [4.69, 9.17) is 0 Å². The van der Waals surface area contributed by atoms with Gasteiger partial charge in [-0.15, -0.1) is 12.4 Å². The molecule has 0 atom stereocenters. The summed E-state index contributed by atoms with van der Waals surface area (Å²) in [4.78, 5) is 10.9. The number of rotatable bonds is 3. The topological polar surface area (TPSA) is 41.1 Å². The molecule has 0 saturated heterocycles. The van der Waals surface area contributed by atoms with Crippen molar-refractivity contribution in [2.45, 2.75) is 19.3 Å². The highest BCUT2D eigenvalue weighted by Crippen LogP contribution is 2.10. The van der Waals surface area contributed by atoms with Crippen LogP contribution in [0.4, 0.5) is 0 Å². The molecule has 0 spiro atoms. The van der Waals surface area contributed by atoms with Gasteiger partial charge in [0.25, 0.3) is 0 Å². The summed E-state index contributed by atoms with van der Waals surface area (Å²) in [6, 6.07) is 0. The molecule has 0 aromatic heterocycles. The first kappa shape index (κ1) is 12.5. The summed E-state index contributed by atoms with van der Waals surface area (Å²) in [5.74, 6) is 0.134. The van der Waals surface area contributed by atoms with Gasteiger partial charge in [0.2, 0.25) is 5.91 Å². The fourth-order valence-corrected chi connectivity index (χ4v) is 1.30. The van der Waals surface area contributed by atoms with Gasteiger partial charge < -0.3 is 10.6 Å². The zero-order valence-corrected chi connectivity index (χ0v) is 8.75. The molecule has 0 aromatic carbocycles. The van der Waals surface area contributed by atoms with Crippen LogP contribution in [0.15, 0.2) is 11.6 Å². The van der Waals surface area contributed by atoms with Gasteiger partial charge in [-0.2, -0.15) is 0 Å². The number of hydrogen-bond acceptors (Lipinski definition) is 2. The quantitative estimate of drug-likeness (QED) is 0.670. The highest BCUT2D eigenvalue weighted by molar-refractivity contribution is 5.85. The monoisotopic (exact) mass is 204 g/mol. The van der Waals surface area contributed by atoms with Gasteiger partial charge >= 0.3 is 0 Å². The maximum Gasteiger partial charge on any atom is 0.220 e. The van der Waals surface area contributed by atoms with Crippen LogP contribution >= 0.6 is 12.4 Å². The van der Waals surface area contributed by atoms with Gasteiger partial charge in [0.05, 0.1) is 0 Å². The second-order valence-corrected chi connectivity index (χ2v) is 2.99. The van der Waals surface area contributed by atoms with Gasteiger partial charge in [0.1, 0.15) is 0 Å². The van der Waals surface area contributed by atoms with Crippen LogP contribution in [0.25, 0.3) is 0 Å². The summed E-state index contributed by atoms with van der Waals surface area (Å²) in [6.07, 6.45) is 4.83. The fraction of sp³-hybridized carbons (Fsp3) is 0.667. The lowest BCUT2D eigenvalue weighted by Crippen LogP contribution is -2.22. The Labute approximate surface area is 85.4 Å². The van der Waals surface area contributed by atoms with Crippen LogP contribution in [0, 0.1) is 0 Å². The lowest BCUT2D eigenvalue weighted by molar-refractivity contribution is -0.120. The zero-order valence-electron chi connectivity index (χ0n) is 7.93. The van der Waals surface area contributed by atoms with E-state index in [1.54, 1.807) is 7.05 Å². The van der Waals surface area contributed by atoms with Gasteiger partial charge in [-0.05, 0) is 19.4 Å². The highest BCUT2D eigenvalue weighted by atomic mass is 35.5. The Kier molecular flexibility index (Phi) is 6.63. The van der Waals surface area contributed by atoms with Crippen molar-refractivity contribution in [1.82, 2.24) is 10.6 Å². The molecule has 0 saturated carbocycles. The molecule has 1 heterocycles. The van der Waals surface area contributed by atoms with Crippen molar-refractivity contribution in [2.24, 2.45) is 0 Å². The van der Waals surface area contributed by atoms with Gasteiger partial charge in [-0.1, -0.05) is 11.6 Å².